The third kappa shape index (κ3) is 1.06. The van der Waals surface area contributed by atoms with Gasteiger partial charge >= 0.3 is 0 Å². The SMILES string of the molecule is OC[C@H]1NCCn2cccc21. The molecule has 1 aromatic heterocycles. The molecule has 1 aliphatic heterocycles. The first-order valence-electron chi connectivity index (χ1n) is 3.91. The molecule has 1 atom stereocenters. The predicted octanol–water partition coefficient (Wildman–Crippen LogP) is 0.125. The van der Waals surface area contributed by atoms with Gasteiger partial charge < -0.3 is 15.0 Å². The number of hydrogen-bond donors (Lipinski definition) is 2. The van der Waals surface area contributed by atoms with E-state index in [0.717, 1.165) is 13.1 Å². The van der Waals surface area contributed by atoms with Gasteiger partial charge in [-0.25, -0.2) is 0 Å². The summed E-state index contributed by atoms with van der Waals surface area (Å²) in [5, 5.41) is 12.2. The van der Waals surface area contributed by atoms with Crippen LogP contribution in [-0.2, 0) is 6.54 Å². The van der Waals surface area contributed by atoms with E-state index < -0.39 is 0 Å². The lowest BCUT2D eigenvalue weighted by atomic mass is 10.2. The van der Waals surface area contributed by atoms with Crippen molar-refractivity contribution in [1.82, 2.24) is 9.88 Å². The second kappa shape index (κ2) is 2.68. The Kier molecular flexibility index (Phi) is 1.68. The molecule has 2 N–H and O–H groups in total. The summed E-state index contributed by atoms with van der Waals surface area (Å²) in [5.74, 6) is 0. The maximum Gasteiger partial charge on any atom is 0.0710 e. The van der Waals surface area contributed by atoms with Crippen LogP contribution in [0, 0.1) is 0 Å². The minimum absolute atomic E-state index is 0.138. The summed E-state index contributed by atoms with van der Waals surface area (Å²) in [6, 6.07) is 4.21. The molecule has 3 heteroatoms. The molecule has 0 bridgehead atoms. The van der Waals surface area contributed by atoms with Gasteiger partial charge in [-0.1, -0.05) is 0 Å². The van der Waals surface area contributed by atoms with Gasteiger partial charge in [-0.15, -0.1) is 0 Å². The number of aliphatic hydroxyl groups is 1. The number of rotatable bonds is 1. The Morgan fingerprint density at radius 3 is 3.45 bits per heavy atom. The van der Waals surface area contributed by atoms with Crippen molar-refractivity contribution in [2.75, 3.05) is 13.2 Å². The van der Waals surface area contributed by atoms with Crippen molar-refractivity contribution >= 4 is 0 Å². The average Bonchev–Trinajstić information content (AvgIpc) is 2.50. The topological polar surface area (TPSA) is 37.2 Å². The summed E-state index contributed by atoms with van der Waals surface area (Å²) in [4.78, 5) is 0. The fraction of sp³-hybridized carbons (Fsp3) is 0.500. The van der Waals surface area contributed by atoms with Crippen LogP contribution in [0.25, 0.3) is 0 Å². The van der Waals surface area contributed by atoms with E-state index in [2.05, 4.69) is 16.1 Å². The zero-order valence-corrected chi connectivity index (χ0v) is 6.33. The highest BCUT2D eigenvalue weighted by molar-refractivity contribution is 5.13. The van der Waals surface area contributed by atoms with Crippen LogP contribution in [0.5, 0.6) is 0 Å². The van der Waals surface area contributed by atoms with Crippen molar-refractivity contribution in [3.05, 3.63) is 24.0 Å². The second-order valence-corrected chi connectivity index (χ2v) is 2.82. The van der Waals surface area contributed by atoms with E-state index in [-0.39, 0.29) is 12.6 Å². The fourth-order valence-corrected chi connectivity index (χ4v) is 1.57. The zero-order valence-electron chi connectivity index (χ0n) is 6.33. The third-order valence-corrected chi connectivity index (χ3v) is 2.15. The van der Waals surface area contributed by atoms with Crippen LogP contribution in [0.2, 0.25) is 0 Å². The first-order chi connectivity index (χ1) is 5.42. The minimum Gasteiger partial charge on any atom is -0.394 e. The van der Waals surface area contributed by atoms with Gasteiger partial charge in [0.1, 0.15) is 0 Å². The molecular formula is C8H12N2O. The summed E-state index contributed by atoms with van der Waals surface area (Å²) in [6.07, 6.45) is 2.05. The molecular weight excluding hydrogens is 140 g/mol. The van der Waals surface area contributed by atoms with E-state index in [4.69, 9.17) is 5.11 Å². The van der Waals surface area contributed by atoms with Crippen LogP contribution in [0.3, 0.4) is 0 Å². The Bertz CT molecular complexity index is 244. The number of hydrogen-bond acceptors (Lipinski definition) is 2. The predicted molar refractivity (Wildman–Crippen MR) is 42.3 cm³/mol. The number of nitrogens with zero attached hydrogens (tertiary/aromatic N) is 1. The molecule has 1 aliphatic rings. The molecule has 0 fully saturated rings. The Hall–Kier alpha value is -0.800. The molecule has 11 heavy (non-hydrogen) atoms. The Morgan fingerprint density at radius 2 is 2.64 bits per heavy atom. The van der Waals surface area contributed by atoms with E-state index in [0.29, 0.717) is 0 Å². The molecule has 0 spiro atoms. The van der Waals surface area contributed by atoms with Crippen LogP contribution in [0.15, 0.2) is 18.3 Å². The van der Waals surface area contributed by atoms with Gasteiger partial charge in [0.25, 0.3) is 0 Å². The van der Waals surface area contributed by atoms with Crippen LogP contribution in [-0.4, -0.2) is 22.8 Å². The van der Waals surface area contributed by atoms with E-state index in [1.165, 1.54) is 5.69 Å². The molecule has 0 unspecified atom stereocenters. The van der Waals surface area contributed by atoms with Crippen molar-refractivity contribution in [1.29, 1.82) is 0 Å². The van der Waals surface area contributed by atoms with Crippen molar-refractivity contribution in [3.8, 4) is 0 Å². The maximum atomic E-state index is 8.98. The van der Waals surface area contributed by atoms with E-state index in [1.54, 1.807) is 0 Å². The summed E-state index contributed by atoms with van der Waals surface area (Å²) in [6.45, 7) is 2.15. The highest BCUT2D eigenvalue weighted by Crippen LogP contribution is 2.16. The molecule has 0 aliphatic carbocycles. The Balaban J connectivity index is 2.32. The van der Waals surface area contributed by atoms with E-state index in [9.17, 15) is 0 Å². The third-order valence-electron chi connectivity index (χ3n) is 2.15. The lowest BCUT2D eigenvalue weighted by molar-refractivity contribution is 0.227. The molecule has 0 saturated carbocycles. The number of nitrogens with one attached hydrogen (secondary N) is 1. The van der Waals surface area contributed by atoms with Gasteiger partial charge in [0.2, 0.25) is 0 Å². The van der Waals surface area contributed by atoms with E-state index in [1.807, 2.05) is 12.1 Å². The van der Waals surface area contributed by atoms with E-state index >= 15 is 0 Å². The molecule has 0 amide bonds. The lowest BCUT2D eigenvalue weighted by Gasteiger charge is -2.24. The van der Waals surface area contributed by atoms with Crippen LogP contribution in [0.1, 0.15) is 11.7 Å². The molecule has 3 nitrogen and oxygen atoms in total. The van der Waals surface area contributed by atoms with Crippen LogP contribution in [0.4, 0.5) is 0 Å². The molecule has 2 heterocycles. The fourth-order valence-electron chi connectivity index (χ4n) is 1.57. The first kappa shape index (κ1) is 6.88. The highest BCUT2D eigenvalue weighted by atomic mass is 16.3. The molecule has 1 aromatic rings. The van der Waals surface area contributed by atoms with Gasteiger partial charge in [0.05, 0.1) is 12.6 Å². The van der Waals surface area contributed by atoms with Gasteiger partial charge in [-0.2, -0.15) is 0 Å². The largest absolute Gasteiger partial charge is 0.394 e. The average molecular weight is 152 g/mol. The molecule has 0 aromatic carbocycles. The molecule has 0 radical (unpaired) electrons. The summed E-state index contributed by atoms with van der Waals surface area (Å²) >= 11 is 0. The van der Waals surface area contributed by atoms with Gasteiger partial charge in [-0.3, -0.25) is 0 Å². The number of aliphatic hydroxyl groups excluding tert-OH is 1. The highest BCUT2D eigenvalue weighted by Gasteiger charge is 2.17. The smallest absolute Gasteiger partial charge is 0.0710 e. The van der Waals surface area contributed by atoms with Crippen LogP contribution < -0.4 is 5.32 Å². The normalized spacial score (nSPS) is 23.2. The second-order valence-electron chi connectivity index (χ2n) is 2.82. The van der Waals surface area contributed by atoms with Gasteiger partial charge in [-0.05, 0) is 12.1 Å². The minimum atomic E-state index is 0.138. The van der Waals surface area contributed by atoms with Gasteiger partial charge in [0.15, 0.2) is 0 Å². The van der Waals surface area contributed by atoms with Crippen molar-refractivity contribution < 1.29 is 5.11 Å². The Morgan fingerprint density at radius 1 is 1.73 bits per heavy atom. The van der Waals surface area contributed by atoms with Crippen LogP contribution >= 0.6 is 0 Å². The van der Waals surface area contributed by atoms with Crippen molar-refractivity contribution in [3.63, 3.8) is 0 Å². The molecule has 60 valence electrons. The lowest BCUT2D eigenvalue weighted by Crippen LogP contribution is -2.34. The van der Waals surface area contributed by atoms with Crippen molar-refractivity contribution in [2.45, 2.75) is 12.6 Å². The summed E-state index contributed by atoms with van der Waals surface area (Å²) in [5.41, 5.74) is 1.19. The molecule has 2 rings (SSSR count). The standard InChI is InChI=1S/C8H12N2O/c11-6-7-8-2-1-4-10(8)5-3-9-7/h1-2,4,7,9,11H,3,5-6H2/t7-/m1/s1. The Labute approximate surface area is 65.6 Å². The monoisotopic (exact) mass is 152 g/mol. The maximum absolute atomic E-state index is 8.98. The van der Waals surface area contributed by atoms with Gasteiger partial charge in [0, 0.05) is 25.0 Å². The number of aromatic nitrogens is 1. The molecule has 0 saturated heterocycles. The summed E-state index contributed by atoms with van der Waals surface area (Å²) < 4.78 is 2.18. The summed E-state index contributed by atoms with van der Waals surface area (Å²) in [7, 11) is 0. The first-order valence-corrected chi connectivity index (χ1v) is 3.91. The number of fused-ring (bicyclic) bond motifs is 1. The quantitative estimate of drug-likeness (QED) is 0.600. The zero-order chi connectivity index (χ0) is 7.68. The van der Waals surface area contributed by atoms with Crippen molar-refractivity contribution in [2.24, 2.45) is 0 Å².